The number of rotatable bonds is 2. The van der Waals surface area contributed by atoms with E-state index in [2.05, 4.69) is 10.3 Å². The molecule has 2 aromatic rings. The van der Waals surface area contributed by atoms with Crippen LogP contribution in [0, 0.1) is 6.92 Å². The number of nitrogens with one attached hydrogen (secondary N) is 1. The van der Waals surface area contributed by atoms with Crippen LogP contribution >= 0.6 is 0 Å². The van der Waals surface area contributed by atoms with E-state index in [0.717, 1.165) is 5.56 Å². The summed E-state index contributed by atoms with van der Waals surface area (Å²) < 4.78 is 1.34. The molecule has 1 aromatic carbocycles. The highest BCUT2D eigenvalue weighted by Gasteiger charge is 2.15. The first-order chi connectivity index (χ1) is 9.26. The molecule has 0 unspecified atom stereocenters. The van der Waals surface area contributed by atoms with Gasteiger partial charge in [0.25, 0.3) is 5.56 Å². The van der Waals surface area contributed by atoms with Crippen LogP contribution in [0.2, 0.25) is 0 Å². The SMILES string of the molecule is Cc1ccc2ncn(CC(=O)NC(C)(C)C)c(=O)c2c1. The highest BCUT2D eigenvalue weighted by atomic mass is 16.2. The second kappa shape index (κ2) is 5.07. The van der Waals surface area contributed by atoms with Gasteiger partial charge in [0.05, 0.1) is 17.2 Å². The van der Waals surface area contributed by atoms with Crippen LogP contribution in [0.25, 0.3) is 10.9 Å². The maximum absolute atomic E-state index is 12.3. The molecule has 1 N–H and O–H groups in total. The number of nitrogens with zero attached hydrogens (tertiary/aromatic N) is 2. The molecule has 0 fully saturated rings. The van der Waals surface area contributed by atoms with Gasteiger partial charge in [-0.1, -0.05) is 11.6 Å². The van der Waals surface area contributed by atoms with Crippen molar-refractivity contribution in [2.24, 2.45) is 0 Å². The van der Waals surface area contributed by atoms with Crippen LogP contribution in [0.4, 0.5) is 0 Å². The Morgan fingerprint density at radius 1 is 1.35 bits per heavy atom. The molecule has 20 heavy (non-hydrogen) atoms. The van der Waals surface area contributed by atoms with Crippen molar-refractivity contribution in [1.29, 1.82) is 0 Å². The molecular weight excluding hydrogens is 254 g/mol. The third-order valence-corrected chi connectivity index (χ3v) is 2.81. The molecule has 1 amide bonds. The molecule has 1 aromatic heterocycles. The van der Waals surface area contributed by atoms with E-state index < -0.39 is 0 Å². The average Bonchev–Trinajstić information content (AvgIpc) is 2.31. The van der Waals surface area contributed by atoms with Gasteiger partial charge in [-0.25, -0.2) is 4.98 Å². The number of hydrogen-bond donors (Lipinski definition) is 1. The number of amides is 1. The van der Waals surface area contributed by atoms with Crippen molar-refractivity contribution in [3.63, 3.8) is 0 Å². The molecule has 0 bridgehead atoms. The minimum absolute atomic E-state index is 0.0208. The highest BCUT2D eigenvalue weighted by Crippen LogP contribution is 2.08. The van der Waals surface area contributed by atoms with Gasteiger partial charge in [-0.2, -0.15) is 0 Å². The molecule has 0 aliphatic heterocycles. The zero-order chi connectivity index (χ0) is 14.9. The Kier molecular flexibility index (Phi) is 3.61. The normalized spacial score (nSPS) is 11.6. The first-order valence-corrected chi connectivity index (χ1v) is 6.53. The van der Waals surface area contributed by atoms with Crippen molar-refractivity contribution >= 4 is 16.8 Å². The number of aryl methyl sites for hydroxylation is 1. The number of carbonyl (C=O) groups excluding carboxylic acids is 1. The summed E-state index contributed by atoms with van der Waals surface area (Å²) in [4.78, 5) is 28.4. The summed E-state index contributed by atoms with van der Waals surface area (Å²) >= 11 is 0. The van der Waals surface area contributed by atoms with Crippen LogP contribution in [0.5, 0.6) is 0 Å². The minimum atomic E-state index is -0.318. The molecule has 0 saturated heterocycles. The van der Waals surface area contributed by atoms with E-state index in [0.29, 0.717) is 10.9 Å². The smallest absolute Gasteiger partial charge is 0.261 e. The van der Waals surface area contributed by atoms with Crippen LogP contribution in [0.15, 0.2) is 29.3 Å². The number of hydrogen-bond acceptors (Lipinski definition) is 3. The van der Waals surface area contributed by atoms with Gasteiger partial charge in [0.1, 0.15) is 6.54 Å². The van der Waals surface area contributed by atoms with Gasteiger partial charge in [0.2, 0.25) is 5.91 Å². The van der Waals surface area contributed by atoms with Crippen molar-refractivity contribution in [1.82, 2.24) is 14.9 Å². The van der Waals surface area contributed by atoms with E-state index in [1.165, 1.54) is 10.9 Å². The molecule has 106 valence electrons. The van der Waals surface area contributed by atoms with Crippen molar-refractivity contribution < 1.29 is 4.79 Å². The topological polar surface area (TPSA) is 64.0 Å². The van der Waals surface area contributed by atoms with Gasteiger partial charge in [0.15, 0.2) is 0 Å². The van der Waals surface area contributed by atoms with Gasteiger partial charge < -0.3 is 5.32 Å². The van der Waals surface area contributed by atoms with E-state index in [-0.39, 0.29) is 23.6 Å². The predicted molar refractivity (Wildman–Crippen MR) is 78.6 cm³/mol. The third kappa shape index (κ3) is 3.23. The monoisotopic (exact) mass is 273 g/mol. The first-order valence-electron chi connectivity index (χ1n) is 6.53. The first kappa shape index (κ1) is 14.2. The Bertz CT molecular complexity index is 711. The van der Waals surface area contributed by atoms with Gasteiger partial charge >= 0.3 is 0 Å². The summed E-state index contributed by atoms with van der Waals surface area (Å²) in [7, 11) is 0. The molecule has 0 atom stereocenters. The Morgan fingerprint density at radius 2 is 2.05 bits per heavy atom. The van der Waals surface area contributed by atoms with Crippen molar-refractivity contribution in [3.8, 4) is 0 Å². The lowest BCUT2D eigenvalue weighted by Crippen LogP contribution is -2.43. The largest absolute Gasteiger partial charge is 0.350 e. The standard InChI is InChI=1S/C15H19N3O2/c1-10-5-6-12-11(7-10)14(20)18(9-16-12)8-13(19)17-15(2,3)4/h5-7,9H,8H2,1-4H3,(H,17,19). The van der Waals surface area contributed by atoms with Crippen LogP contribution in [-0.4, -0.2) is 21.0 Å². The maximum Gasteiger partial charge on any atom is 0.261 e. The summed E-state index contributed by atoms with van der Waals surface area (Å²) in [5, 5.41) is 3.37. The van der Waals surface area contributed by atoms with Crippen LogP contribution in [-0.2, 0) is 11.3 Å². The summed E-state index contributed by atoms with van der Waals surface area (Å²) in [5.74, 6) is -0.201. The van der Waals surface area contributed by atoms with E-state index in [1.807, 2.05) is 39.8 Å². The fraction of sp³-hybridized carbons (Fsp3) is 0.400. The summed E-state index contributed by atoms with van der Waals surface area (Å²) in [6, 6.07) is 5.51. The fourth-order valence-corrected chi connectivity index (χ4v) is 2.00. The Morgan fingerprint density at radius 3 is 2.70 bits per heavy atom. The second-order valence-electron chi connectivity index (χ2n) is 6.00. The third-order valence-electron chi connectivity index (χ3n) is 2.81. The zero-order valence-electron chi connectivity index (χ0n) is 12.2. The van der Waals surface area contributed by atoms with Gasteiger partial charge in [-0.15, -0.1) is 0 Å². The molecule has 0 aliphatic carbocycles. The molecule has 0 saturated carbocycles. The molecular formula is C15H19N3O2. The molecule has 1 heterocycles. The lowest BCUT2D eigenvalue weighted by atomic mass is 10.1. The number of carbonyl (C=O) groups is 1. The van der Waals surface area contributed by atoms with E-state index >= 15 is 0 Å². The molecule has 0 spiro atoms. The van der Waals surface area contributed by atoms with Crippen LogP contribution in [0.1, 0.15) is 26.3 Å². The Balaban J connectivity index is 2.34. The predicted octanol–water partition coefficient (Wildman–Crippen LogP) is 1.62. The lowest BCUT2D eigenvalue weighted by molar-refractivity contribution is -0.123. The van der Waals surface area contributed by atoms with Gasteiger partial charge in [-0.05, 0) is 39.8 Å². The fourth-order valence-electron chi connectivity index (χ4n) is 2.00. The van der Waals surface area contributed by atoms with Crippen LogP contribution < -0.4 is 10.9 Å². The summed E-state index contributed by atoms with van der Waals surface area (Å²) in [5.41, 5.74) is 1.13. The maximum atomic E-state index is 12.3. The minimum Gasteiger partial charge on any atom is -0.350 e. The molecule has 0 radical (unpaired) electrons. The highest BCUT2D eigenvalue weighted by molar-refractivity contribution is 5.79. The lowest BCUT2D eigenvalue weighted by Gasteiger charge is -2.20. The van der Waals surface area contributed by atoms with E-state index in [1.54, 1.807) is 6.07 Å². The quantitative estimate of drug-likeness (QED) is 0.904. The van der Waals surface area contributed by atoms with E-state index in [4.69, 9.17) is 0 Å². The van der Waals surface area contributed by atoms with Gasteiger partial charge in [-0.3, -0.25) is 14.2 Å². The summed E-state index contributed by atoms with van der Waals surface area (Å²) in [6.45, 7) is 7.59. The molecule has 2 rings (SSSR count). The Hall–Kier alpha value is -2.17. The number of benzene rings is 1. The van der Waals surface area contributed by atoms with E-state index in [9.17, 15) is 9.59 Å². The molecule has 0 aliphatic rings. The van der Waals surface area contributed by atoms with Gasteiger partial charge in [0, 0.05) is 5.54 Å². The summed E-state index contributed by atoms with van der Waals surface area (Å²) in [6.07, 6.45) is 1.42. The second-order valence-corrected chi connectivity index (χ2v) is 6.00. The average molecular weight is 273 g/mol. The van der Waals surface area contributed by atoms with Crippen molar-refractivity contribution in [2.75, 3.05) is 0 Å². The molecule has 5 heteroatoms. The van der Waals surface area contributed by atoms with Crippen molar-refractivity contribution in [2.45, 2.75) is 39.8 Å². The van der Waals surface area contributed by atoms with Crippen LogP contribution in [0.3, 0.4) is 0 Å². The number of fused-ring (bicyclic) bond motifs is 1. The zero-order valence-corrected chi connectivity index (χ0v) is 12.2. The number of aromatic nitrogens is 2. The van der Waals surface area contributed by atoms with Crippen molar-refractivity contribution in [3.05, 3.63) is 40.4 Å². The Labute approximate surface area is 117 Å². The molecule has 5 nitrogen and oxygen atoms in total.